The smallest absolute Gasteiger partial charge is 0.324 e. The molecule has 0 fully saturated rings. The van der Waals surface area contributed by atoms with Gasteiger partial charge in [0.25, 0.3) is 11.1 Å². The molecule has 0 bridgehead atoms. The van der Waals surface area contributed by atoms with Crippen LogP contribution in [0.4, 0.5) is 0 Å². The van der Waals surface area contributed by atoms with Crippen LogP contribution in [0.2, 0.25) is 10.0 Å². The number of imidazole rings is 1. The maximum absolute atomic E-state index is 12.2. The summed E-state index contributed by atoms with van der Waals surface area (Å²) in [7, 11) is 1.64. The zero-order valence-corrected chi connectivity index (χ0v) is 15.6. The monoisotopic (exact) mass is 398 g/mol. The van der Waals surface area contributed by atoms with Gasteiger partial charge in [0, 0.05) is 13.6 Å². The van der Waals surface area contributed by atoms with Crippen molar-refractivity contribution < 1.29 is 0 Å². The Kier molecular flexibility index (Phi) is 5.01. The van der Waals surface area contributed by atoms with Gasteiger partial charge in [-0.15, -0.1) is 0 Å². The Balaban J connectivity index is 2.17. The molecule has 3 heterocycles. The number of unbranched alkanes of at least 4 members (excludes halogenated alkanes) is 1. The van der Waals surface area contributed by atoms with Gasteiger partial charge in [-0.3, -0.25) is 19.1 Å². The summed E-state index contributed by atoms with van der Waals surface area (Å²) in [6.07, 6.45) is 2.91. The highest BCUT2D eigenvalue weighted by Crippen LogP contribution is 2.15. The maximum Gasteiger partial charge on any atom is 0.330 e. The van der Waals surface area contributed by atoms with Crippen molar-refractivity contribution in [2.75, 3.05) is 0 Å². The van der Waals surface area contributed by atoms with Crippen molar-refractivity contribution in [2.45, 2.75) is 32.9 Å². The molecular formula is C15H16Cl2N6O3. The maximum atomic E-state index is 12.2. The number of hydrogen-bond donors (Lipinski definition) is 1. The summed E-state index contributed by atoms with van der Waals surface area (Å²) in [6, 6.07) is 0. The molecule has 3 aromatic heterocycles. The molecule has 0 spiro atoms. The number of aromatic amines is 1. The van der Waals surface area contributed by atoms with E-state index in [1.165, 1.54) is 15.3 Å². The van der Waals surface area contributed by atoms with Gasteiger partial charge in [0.05, 0.1) is 11.2 Å². The van der Waals surface area contributed by atoms with Crippen molar-refractivity contribution in [3.63, 3.8) is 0 Å². The highest BCUT2D eigenvalue weighted by atomic mass is 35.5. The molecule has 0 aliphatic rings. The lowest BCUT2D eigenvalue weighted by molar-refractivity contribution is 0.598. The fourth-order valence-electron chi connectivity index (χ4n) is 2.65. The summed E-state index contributed by atoms with van der Waals surface area (Å²) in [5.41, 5.74) is -1.08. The zero-order valence-electron chi connectivity index (χ0n) is 14.1. The summed E-state index contributed by atoms with van der Waals surface area (Å²) in [5.74, 6) is 0.384. The number of aryl methyl sites for hydroxylation is 2. The molecule has 0 aromatic carbocycles. The third kappa shape index (κ3) is 3.08. The van der Waals surface area contributed by atoms with Gasteiger partial charge in [-0.2, -0.15) is 5.10 Å². The second-order valence-electron chi connectivity index (χ2n) is 5.79. The van der Waals surface area contributed by atoms with Gasteiger partial charge in [-0.05, 0) is 6.42 Å². The topological polar surface area (TPSA) is 108 Å². The second-order valence-corrected chi connectivity index (χ2v) is 6.58. The van der Waals surface area contributed by atoms with Gasteiger partial charge in [0.15, 0.2) is 11.2 Å². The van der Waals surface area contributed by atoms with Crippen LogP contribution in [0.15, 0.2) is 20.6 Å². The van der Waals surface area contributed by atoms with Crippen molar-refractivity contribution in [3.8, 4) is 0 Å². The predicted molar refractivity (Wildman–Crippen MR) is 98.1 cm³/mol. The summed E-state index contributed by atoms with van der Waals surface area (Å²) < 4.78 is 4.06. The molecule has 3 aromatic rings. The van der Waals surface area contributed by atoms with E-state index < -0.39 is 16.8 Å². The van der Waals surface area contributed by atoms with E-state index in [0.717, 1.165) is 17.5 Å². The number of nitrogens with one attached hydrogen (secondary N) is 1. The molecule has 9 nitrogen and oxygen atoms in total. The standard InChI is InChI=1S/C15H16Cl2N6O3/c1-3-4-5-22-12-11(13(24)20-15(22)26)21(2)9(19-12)7-23-14(25)10(17)8(16)6-18-23/h6H,3-5,7H2,1-2H3,(H,20,24,26). The Morgan fingerprint density at radius 1 is 1.23 bits per heavy atom. The van der Waals surface area contributed by atoms with Crippen molar-refractivity contribution in [2.24, 2.45) is 7.05 Å². The summed E-state index contributed by atoms with van der Waals surface area (Å²) in [4.78, 5) is 43.2. The van der Waals surface area contributed by atoms with E-state index in [-0.39, 0.29) is 27.8 Å². The lowest BCUT2D eigenvalue weighted by Crippen LogP contribution is -2.31. The summed E-state index contributed by atoms with van der Waals surface area (Å²) in [5, 5.41) is 3.85. The molecule has 138 valence electrons. The molecule has 1 N–H and O–H groups in total. The van der Waals surface area contributed by atoms with Gasteiger partial charge in [-0.1, -0.05) is 36.5 Å². The van der Waals surface area contributed by atoms with E-state index in [9.17, 15) is 14.4 Å². The minimum atomic E-state index is -0.566. The fraction of sp³-hybridized carbons (Fsp3) is 0.400. The average molecular weight is 399 g/mol. The molecule has 0 radical (unpaired) electrons. The summed E-state index contributed by atoms with van der Waals surface area (Å²) in [6.45, 7) is 2.41. The third-order valence-corrected chi connectivity index (χ3v) is 4.82. The molecule has 0 aliphatic heterocycles. The lowest BCUT2D eigenvalue weighted by Gasteiger charge is -2.05. The highest BCUT2D eigenvalue weighted by Gasteiger charge is 2.18. The normalized spacial score (nSPS) is 11.4. The molecule has 0 atom stereocenters. The van der Waals surface area contributed by atoms with Crippen molar-refractivity contribution in [3.05, 3.63) is 53.3 Å². The number of halogens is 2. The molecule has 0 amide bonds. The molecule has 0 saturated carbocycles. The number of rotatable bonds is 5. The predicted octanol–water partition coefficient (Wildman–Crippen LogP) is 1.14. The van der Waals surface area contributed by atoms with E-state index >= 15 is 0 Å². The lowest BCUT2D eigenvalue weighted by atomic mass is 10.3. The first-order valence-electron chi connectivity index (χ1n) is 7.94. The van der Waals surface area contributed by atoms with Crippen molar-refractivity contribution >= 4 is 34.4 Å². The molecular weight excluding hydrogens is 383 g/mol. The fourth-order valence-corrected chi connectivity index (χ4v) is 2.92. The number of hydrogen-bond acceptors (Lipinski definition) is 5. The Morgan fingerprint density at radius 3 is 2.65 bits per heavy atom. The minimum Gasteiger partial charge on any atom is -0.324 e. The van der Waals surface area contributed by atoms with Crippen LogP contribution >= 0.6 is 23.2 Å². The van der Waals surface area contributed by atoms with E-state index in [0.29, 0.717) is 12.4 Å². The number of aromatic nitrogens is 6. The molecule has 11 heteroatoms. The van der Waals surface area contributed by atoms with Crippen LogP contribution in [0.25, 0.3) is 11.2 Å². The van der Waals surface area contributed by atoms with Gasteiger partial charge in [0.2, 0.25) is 0 Å². The Bertz CT molecular complexity index is 1160. The van der Waals surface area contributed by atoms with Crippen LogP contribution in [0.1, 0.15) is 25.6 Å². The second kappa shape index (κ2) is 7.08. The van der Waals surface area contributed by atoms with E-state index in [1.807, 2.05) is 6.92 Å². The first-order valence-corrected chi connectivity index (χ1v) is 8.70. The van der Waals surface area contributed by atoms with E-state index in [2.05, 4.69) is 15.1 Å². The van der Waals surface area contributed by atoms with Crippen molar-refractivity contribution in [1.29, 1.82) is 0 Å². The zero-order chi connectivity index (χ0) is 19.0. The number of H-pyrrole nitrogens is 1. The Hall–Kier alpha value is -2.39. The van der Waals surface area contributed by atoms with Gasteiger partial charge >= 0.3 is 5.69 Å². The highest BCUT2D eigenvalue weighted by molar-refractivity contribution is 6.41. The summed E-state index contributed by atoms with van der Waals surface area (Å²) >= 11 is 11.6. The van der Waals surface area contributed by atoms with Crippen LogP contribution in [0.3, 0.4) is 0 Å². The van der Waals surface area contributed by atoms with Crippen LogP contribution in [0, 0.1) is 0 Å². The Labute approximate surface area is 156 Å². The molecule has 26 heavy (non-hydrogen) atoms. The van der Waals surface area contributed by atoms with Crippen LogP contribution in [-0.4, -0.2) is 28.9 Å². The van der Waals surface area contributed by atoms with Crippen LogP contribution in [-0.2, 0) is 20.1 Å². The van der Waals surface area contributed by atoms with Crippen molar-refractivity contribution in [1.82, 2.24) is 28.9 Å². The average Bonchev–Trinajstić information content (AvgIpc) is 2.92. The SMILES string of the molecule is CCCCn1c(=O)[nH]c(=O)c2c1nc(Cn1ncc(Cl)c(Cl)c1=O)n2C. The number of nitrogens with zero attached hydrogens (tertiary/aromatic N) is 5. The number of fused-ring (bicyclic) bond motifs is 1. The molecule has 0 saturated heterocycles. The molecule has 0 aliphatic carbocycles. The van der Waals surface area contributed by atoms with Gasteiger partial charge in [0.1, 0.15) is 17.4 Å². The minimum absolute atomic E-state index is 0.0255. The molecule has 3 rings (SSSR count). The Morgan fingerprint density at radius 2 is 1.96 bits per heavy atom. The third-order valence-electron chi connectivity index (χ3n) is 4.07. The molecule has 0 unspecified atom stereocenters. The van der Waals surface area contributed by atoms with Crippen LogP contribution < -0.4 is 16.8 Å². The first-order chi connectivity index (χ1) is 12.3. The van der Waals surface area contributed by atoms with E-state index in [4.69, 9.17) is 23.2 Å². The first kappa shape index (κ1) is 18.4. The quantitative estimate of drug-likeness (QED) is 0.692. The van der Waals surface area contributed by atoms with Crippen LogP contribution in [0.5, 0.6) is 0 Å². The largest absolute Gasteiger partial charge is 0.330 e. The van der Waals surface area contributed by atoms with Gasteiger partial charge in [-0.25, -0.2) is 14.5 Å². The van der Waals surface area contributed by atoms with E-state index in [1.54, 1.807) is 7.05 Å². The van der Waals surface area contributed by atoms with Gasteiger partial charge < -0.3 is 4.57 Å².